The molecule has 1 aromatic carbocycles. The molecular weight excluding hydrogens is 368 g/mol. The second kappa shape index (κ2) is 9.12. The molecule has 0 bridgehead atoms. The van der Waals surface area contributed by atoms with Gasteiger partial charge >= 0.3 is 0 Å². The summed E-state index contributed by atoms with van der Waals surface area (Å²) >= 11 is 2.88. The molecule has 0 aliphatic rings. The number of anilines is 2. The zero-order valence-electron chi connectivity index (χ0n) is 13.7. The van der Waals surface area contributed by atoms with Crippen molar-refractivity contribution in [3.05, 3.63) is 71.5 Å². The third-order valence-corrected chi connectivity index (χ3v) is 5.00. The van der Waals surface area contributed by atoms with Crippen molar-refractivity contribution in [1.29, 1.82) is 0 Å². The van der Waals surface area contributed by atoms with E-state index >= 15 is 0 Å². The minimum absolute atomic E-state index is 0.0844. The molecule has 3 aromatic rings. The molecule has 0 aliphatic carbocycles. The van der Waals surface area contributed by atoms with Crippen molar-refractivity contribution in [3.8, 4) is 0 Å². The molecule has 26 heavy (non-hydrogen) atoms. The summed E-state index contributed by atoms with van der Waals surface area (Å²) < 4.78 is 0. The number of carbonyl (C=O) groups excluding carboxylic acids is 2. The molecule has 0 spiro atoms. The fourth-order valence-electron chi connectivity index (χ4n) is 2.10. The van der Waals surface area contributed by atoms with Gasteiger partial charge in [0.2, 0.25) is 5.91 Å². The smallest absolute Gasteiger partial charge is 0.257 e. The van der Waals surface area contributed by atoms with Gasteiger partial charge in [-0.2, -0.15) is 0 Å². The first-order valence-electron chi connectivity index (χ1n) is 7.78. The Balaban J connectivity index is 1.46. The van der Waals surface area contributed by atoms with E-state index in [1.54, 1.807) is 48.2 Å². The van der Waals surface area contributed by atoms with Crippen LogP contribution in [0.5, 0.6) is 0 Å². The van der Waals surface area contributed by atoms with Crippen molar-refractivity contribution in [1.82, 2.24) is 9.97 Å². The number of nitrogens with zero attached hydrogens (tertiary/aromatic N) is 2. The first-order valence-corrected chi connectivity index (χ1v) is 9.81. The van der Waals surface area contributed by atoms with E-state index in [1.165, 1.54) is 23.1 Å². The molecule has 2 amide bonds. The second-order valence-electron chi connectivity index (χ2n) is 5.27. The number of hydrogen-bond acceptors (Lipinski definition) is 6. The monoisotopic (exact) mass is 384 g/mol. The molecule has 0 fully saturated rings. The fourth-order valence-corrected chi connectivity index (χ4v) is 3.39. The number of nitrogens with one attached hydrogen (secondary N) is 2. The van der Waals surface area contributed by atoms with Crippen LogP contribution >= 0.6 is 23.1 Å². The summed E-state index contributed by atoms with van der Waals surface area (Å²) in [5.74, 6) is 0.766. The predicted molar refractivity (Wildman–Crippen MR) is 106 cm³/mol. The highest BCUT2D eigenvalue weighted by molar-refractivity contribution is 7.99. The van der Waals surface area contributed by atoms with Gasteiger partial charge < -0.3 is 5.32 Å². The molecule has 132 valence electrons. The Morgan fingerprint density at radius 3 is 2.62 bits per heavy atom. The van der Waals surface area contributed by atoms with Gasteiger partial charge in [0.25, 0.3) is 5.91 Å². The number of hydrogen-bond donors (Lipinski definition) is 2. The molecule has 0 radical (unpaired) electrons. The van der Waals surface area contributed by atoms with Crippen molar-refractivity contribution in [3.63, 3.8) is 0 Å². The van der Waals surface area contributed by atoms with Crippen LogP contribution in [0, 0.1) is 0 Å². The zero-order valence-corrected chi connectivity index (χ0v) is 15.3. The van der Waals surface area contributed by atoms with Gasteiger partial charge in [-0.25, -0.2) is 4.98 Å². The Hall–Kier alpha value is -2.71. The van der Waals surface area contributed by atoms with Gasteiger partial charge in [0.15, 0.2) is 5.13 Å². The summed E-state index contributed by atoms with van der Waals surface area (Å²) in [6.07, 6.45) is 5.15. The standard InChI is InChI=1S/C18H16N4O2S2/c23-16(12-25-11-13-2-1-7-19-10-13)21-15-5-3-14(4-6-15)17(24)22-18-20-8-9-26-18/h1-10H,11-12H2,(H,21,23)(H,20,22,24). The lowest BCUT2D eigenvalue weighted by atomic mass is 10.2. The van der Waals surface area contributed by atoms with Gasteiger partial charge in [-0.15, -0.1) is 23.1 Å². The number of benzene rings is 1. The molecule has 8 heteroatoms. The van der Waals surface area contributed by atoms with E-state index in [0.717, 1.165) is 11.3 Å². The van der Waals surface area contributed by atoms with Gasteiger partial charge in [-0.3, -0.25) is 19.9 Å². The lowest BCUT2D eigenvalue weighted by Crippen LogP contribution is -2.15. The molecule has 0 saturated carbocycles. The molecule has 0 saturated heterocycles. The maximum atomic E-state index is 12.1. The highest BCUT2D eigenvalue weighted by atomic mass is 32.2. The fraction of sp³-hybridized carbons (Fsp3) is 0.111. The zero-order chi connectivity index (χ0) is 18.2. The SMILES string of the molecule is O=C(CSCc1cccnc1)Nc1ccc(C(=O)Nc2nccs2)cc1. The molecule has 2 heterocycles. The van der Waals surface area contributed by atoms with Crippen LogP contribution in [0.15, 0.2) is 60.4 Å². The van der Waals surface area contributed by atoms with Crippen LogP contribution < -0.4 is 10.6 Å². The van der Waals surface area contributed by atoms with Crippen molar-refractivity contribution in [2.75, 3.05) is 16.4 Å². The molecule has 0 atom stereocenters. The number of rotatable bonds is 7. The summed E-state index contributed by atoms with van der Waals surface area (Å²) in [6.45, 7) is 0. The summed E-state index contributed by atoms with van der Waals surface area (Å²) in [5.41, 5.74) is 2.24. The first kappa shape index (κ1) is 18.1. The maximum absolute atomic E-state index is 12.1. The molecule has 6 nitrogen and oxygen atoms in total. The van der Waals surface area contributed by atoms with Gasteiger partial charge in [-0.05, 0) is 35.9 Å². The quantitative estimate of drug-likeness (QED) is 0.649. The number of aromatic nitrogens is 2. The minimum Gasteiger partial charge on any atom is -0.325 e. The second-order valence-corrected chi connectivity index (χ2v) is 7.15. The maximum Gasteiger partial charge on any atom is 0.257 e. The van der Waals surface area contributed by atoms with Crippen LogP contribution in [0.2, 0.25) is 0 Å². The number of pyridine rings is 1. The normalized spacial score (nSPS) is 10.3. The van der Waals surface area contributed by atoms with Gasteiger partial charge in [0, 0.05) is 41.0 Å². The number of thioether (sulfide) groups is 1. The lowest BCUT2D eigenvalue weighted by Gasteiger charge is -2.07. The van der Waals surface area contributed by atoms with E-state index in [0.29, 0.717) is 22.1 Å². The van der Waals surface area contributed by atoms with Crippen molar-refractivity contribution < 1.29 is 9.59 Å². The lowest BCUT2D eigenvalue weighted by molar-refractivity contribution is -0.113. The van der Waals surface area contributed by atoms with Crippen molar-refractivity contribution >= 4 is 45.7 Å². The minimum atomic E-state index is -0.232. The van der Waals surface area contributed by atoms with Crippen molar-refractivity contribution in [2.24, 2.45) is 0 Å². The topological polar surface area (TPSA) is 84.0 Å². The number of thiazole rings is 1. The van der Waals surface area contributed by atoms with E-state index < -0.39 is 0 Å². The van der Waals surface area contributed by atoms with Gasteiger partial charge in [-0.1, -0.05) is 6.07 Å². The highest BCUT2D eigenvalue weighted by Crippen LogP contribution is 2.15. The average molecular weight is 384 g/mol. The Labute approximate surface area is 159 Å². The van der Waals surface area contributed by atoms with Crippen molar-refractivity contribution in [2.45, 2.75) is 5.75 Å². The Bertz CT molecular complexity index is 853. The van der Waals surface area contributed by atoms with Crippen LogP contribution in [-0.2, 0) is 10.5 Å². The highest BCUT2D eigenvalue weighted by Gasteiger charge is 2.08. The molecule has 0 unspecified atom stereocenters. The summed E-state index contributed by atoms with van der Waals surface area (Å²) in [5, 5.41) is 7.88. The summed E-state index contributed by atoms with van der Waals surface area (Å²) in [6, 6.07) is 10.6. The third kappa shape index (κ3) is 5.40. The van der Waals surface area contributed by atoms with Crippen LogP contribution in [0.3, 0.4) is 0 Å². The molecule has 2 aromatic heterocycles. The average Bonchev–Trinajstić information content (AvgIpc) is 3.16. The molecule has 2 N–H and O–H groups in total. The van der Waals surface area contributed by atoms with Crippen LogP contribution in [0.4, 0.5) is 10.8 Å². The van der Waals surface area contributed by atoms with Crippen LogP contribution in [-0.4, -0.2) is 27.5 Å². The van der Waals surface area contributed by atoms with E-state index in [9.17, 15) is 9.59 Å². The van der Waals surface area contributed by atoms with Crippen LogP contribution in [0.1, 0.15) is 15.9 Å². The van der Waals surface area contributed by atoms with E-state index in [4.69, 9.17) is 0 Å². The number of amides is 2. The largest absolute Gasteiger partial charge is 0.325 e. The van der Waals surface area contributed by atoms with E-state index in [-0.39, 0.29) is 11.8 Å². The Morgan fingerprint density at radius 2 is 1.92 bits per heavy atom. The molecule has 0 aliphatic heterocycles. The first-order chi connectivity index (χ1) is 12.7. The van der Waals surface area contributed by atoms with Crippen LogP contribution in [0.25, 0.3) is 0 Å². The molecule has 3 rings (SSSR count). The summed E-state index contributed by atoms with van der Waals surface area (Å²) in [4.78, 5) is 32.1. The van der Waals surface area contributed by atoms with E-state index in [1.807, 2.05) is 12.1 Å². The summed E-state index contributed by atoms with van der Waals surface area (Å²) in [7, 11) is 0. The Kier molecular flexibility index (Phi) is 6.34. The number of carbonyl (C=O) groups is 2. The predicted octanol–water partition coefficient (Wildman–Crippen LogP) is 3.66. The molecular formula is C18H16N4O2S2. The van der Waals surface area contributed by atoms with E-state index in [2.05, 4.69) is 20.6 Å². The van der Waals surface area contributed by atoms with Gasteiger partial charge in [0.05, 0.1) is 5.75 Å². The third-order valence-electron chi connectivity index (χ3n) is 3.31. The van der Waals surface area contributed by atoms with Gasteiger partial charge in [0.1, 0.15) is 0 Å². The Morgan fingerprint density at radius 1 is 1.08 bits per heavy atom.